The zero-order valence-electron chi connectivity index (χ0n) is 30.0. The Morgan fingerprint density at radius 2 is 1.19 bits per heavy atom. The number of phosphoric acid groups is 1. The summed E-state index contributed by atoms with van der Waals surface area (Å²) >= 11 is 0. The third-order valence-electron chi connectivity index (χ3n) is 7.51. The molecule has 0 fully saturated rings. The average Bonchev–Trinajstić information content (AvgIpc) is 3.06. The van der Waals surface area contributed by atoms with Gasteiger partial charge in [0.1, 0.15) is 6.10 Å². The molecule has 0 spiro atoms. The molecule has 0 aliphatic rings. The number of allylic oxidation sites excluding steroid dienone is 8. The number of carbonyl (C=O) groups excluding carboxylic acids is 1. The highest BCUT2D eigenvalue weighted by Crippen LogP contribution is 2.43. The Bertz CT molecular complexity index is 859. The van der Waals surface area contributed by atoms with Crippen molar-refractivity contribution in [2.24, 2.45) is 5.73 Å². The van der Waals surface area contributed by atoms with Gasteiger partial charge in [0.05, 0.1) is 19.8 Å². The largest absolute Gasteiger partial charge is 0.472 e. The molecule has 2 atom stereocenters. The molecule has 2 unspecified atom stereocenters. The Morgan fingerprint density at radius 3 is 1.77 bits per heavy atom. The van der Waals surface area contributed by atoms with E-state index in [2.05, 4.69) is 62.5 Å². The van der Waals surface area contributed by atoms with Crippen LogP contribution in [0.25, 0.3) is 0 Å². The molecule has 8 nitrogen and oxygen atoms in total. The summed E-state index contributed by atoms with van der Waals surface area (Å²) in [5.74, 6) is -0.351. The van der Waals surface area contributed by atoms with E-state index in [1.165, 1.54) is 64.2 Å². The van der Waals surface area contributed by atoms with Gasteiger partial charge in [-0.05, 0) is 51.4 Å². The number of phosphoric ester groups is 1. The van der Waals surface area contributed by atoms with Gasteiger partial charge >= 0.3 is 13.8 Å². The lowest BCUT2D eigenvalue weighted by molar-refractivity contribution is -0.154. The molecule has 3 N–H and O–H groups in total. The van der Waals surface area contributed by atoms with Gasteiger partial charge in [0.2, 0.25) is 0 Å². The number of nitrogens with two attached hydrogens (primary N) is 1. The number of carbonyl (C=O) groups is 1. The second-order valence-corrected chi connectivity index (χ2v) is 13.5. The van der Waals surface area contributed by atoms with E-state index in [0.717, 1.165) is 64.2 Å². The normalized spacial score (nSPS) is 14.2. The average molecular weight is 684 g/mol. The van der Waals surface area contributed by atoms with E-state index in [4.69, 9.17) is 24.3 Å². The summed E-state index contributed by atoms with van der Waals surface area (Å²) in [5, 5.41) is 0. The Morgan fingerprint density at radius 1 is 0.660 bits per heavy atom. The van der Waals surface area contributed by atoms with Gasteiger partial charge in [-0.1, -0.05) is 140 Å². The molecule has 0 radical (unpaired) electrons. The van der Waals surface area contributed by atoms with Crippen LogP contribution < -0.4 is 5.73 Å². The topological polar surface area (TPSA) is 117 Å². The number of hydrogen-bond donors (Lipinski definition) is 2. The third kappa shape index (κ3) is 35.6. The monoisotopic (exact) mass is 683 g/mol. The van der Waals surface area contributed by atoms with E-state index in [-0.39, 0.29) is 32.3 Å². The predicted octanol–water partition coefficient (Wildman–Crippen LogP) is 10.5. The Kier molecular flexibility index (Phi) is 34.6. The van der Waals surface area contributed by atoms with Crippen molar-refractivity contribution in [3.63, 3.8) is 0 Å². The third-order valence-corrected chi connectivity index (χ3v) is 8.49. The van der Waals surface area contributed by atoms with Crippen molar-refractivity contribution in [1.29, 1.82) is 0 Å². The van der Waals surface area contributed by atoms with Crippen LogP contribution in [0, 0.1) is 0 Å². The van der Waals surface area contributed by atoms with Gasteiger partial charge in [0.15, 0.2) is 0 Å². The smallest absolute Gasteiger partial charge is 0.457 e. The fourth-order valence-electron chi connectivity index (χ4n) is 4.81. The number of ether oxygens (including phenoxy) is 2. The number of rotatable bonds is 35. The summed E-state index contributed by atoms with van der Waals surface area (Å²) in [6, 6.07) is 0. The molecule has 0 aromatic rings. The lowest BCUT2D eigenvalue weighted by Crippen LogP contribution is -2.28. The van der Waals surface area contributed by atoms with Crippen LogP contribution in [-0.2, 0) is 27.9 Å². The highest BCUT2D eigenvalue weighted by Gasteiger charge is 2.25. The fraction of sp³-hybridized carbons (Fsp3) is 0.763. The van der Waals surface area contributed by atoms with E-state index in [9.17, 15) is 14.3 Å². The minimum atomic E-state index is -4.26. The first-order valence-corrected chi connectivity index (χ1v) is 20.1. The van der Waals surface area contributed by atoms with Crippen molar-refractivity contribution in [1.82, 2.24) is 0 Å². The molecule has 0 saturated heterocycles. The summed E-state index contributed by atoms with van der Waals surface area (Å²) in [5.41, 5.74) is 5.32. The van der Waals surface area contributed by atoms with Crippen molar-refractivity contribution < 1.29 is 32.8 Å². The van der Waals surface area contributed by atoms with Crippen molar-refractivity contribution >= 4 is 13.8 Å². The van der Waals surface area contributed by atoms with Gasteiger partial charge in [0, 0.05) is 19.6 Å². The molecule has 0 amide bonds. The summed E-state index contributed by atoms with van der Waals surface area (Å²) in [7, 11) is -4.26. The first-order valence-electron chi connectivity index (χ1n) is 18.6. The van der Waals surface area contributed by atoms with Crippen molar-refractivity contribution in [2.75, 3.05) is 33.0 Å². The van der Waals surface area contributed by atoms with Crippen LogP contribution >= 0.6 is 7.82 Å². The van der Waals surface area contributed by atoms with Crippen LogP contribution in [0.2, 0.25) is 0 Å². The maximum atomic E-state index is 12.2. The molecular formula is C38H70NO7P. The Hall–Kier alpha value is -1.54. The molecule has 0 aromatic heterocycles. The number of unbranched alkanes of at least 4 members (excludes halogenated alkanes) is 14. The molecule has 0 heterocycles. The van der Waals surface area contributed by atoms with Crippen LogP contribution in [0.15, 0.2) is 48.6 Å². The Labute approximate surface area is 288 Å². The fourth-order valence-corrected chi connectivity index (χ4v) is 5.57. The number of esters is 1. The van der Waals surface area contributed by atoms with Gasteiger partial charge < -0.3 is 20.1 Å². The van der Waals surface area contributed by atoms with Gasteiger partial charge in [-0.3, -0.25) is 13.8 Å². The van der Waals surface area contributed by atoms with Crippen LogP contribution in [0.4, 0.5) is 0 Å². The highest BCUT2D eigenvalue weighted by molar-refractivity contribution is 7.47. The molecule has 0 bridgehead atoms. The van der Waals surface area contributed by atoms with Gasteiger partial charge in [-0.2, -0.15) is 0 Å². The standard InChI is InChI=1S/C38H70NO7P/c1-3-5-7-9-10-11-12-13-14-15-16-17-18-19-20-21-22-23-24-25-26-27-28-30-33-43-35-37(36-45-47(41,42)44-34-32-39)46-38(40)31-29-8-6-4-2/h5,7,10-11,13-14,16-17,37H,3-4,6,8-9,12,15,18-36,39H2,1-2H3,(H,41,42)/b7-5-,11-10-,14-13-,17-16-. The maximum absolute atomic E-state index is 12.2. The molecule has 0 aromatic carbocycles. The summed E-state index contributed by atoms with van der Waals surface area (Å²) < 4.78 is 33.0. The summed E-state index contributed by atoms with van der Waals surface area (Å²) in [4.78, 5) is 22.0. The van der Waals surface area contributed by atoms with Crippen LogP contribution in [0.1, 0.15) is 149 Å². The predicted molar refractivity (Wildman–Crippen MR) is 196 cm³/mol. The molecular weight excluding hydrogens is 613 g/mol. The molecule has 0 aliphatic carbocycles. The van der Waals surface area contributed by atoms with Gasteiger partial charge in [-0.15, -0.1) is 0 Å². The molecule has 0 rings (SSSR count). The van der Waals surface area contributed by atoms with Gasteiger partial charge in [-0.25, -0.2) is 4.57 Å². The van der Waals surface area contributed by atoms with E-state index in [1.54, 1.807) is 0 Å². The van der Waals surface area contributed by atoms with Crippen LogP contribution in [0.3, 0.4) is 0 Å². The lowest BCUT2D eigenvalue weighted by Gasteiger charge is -2.20. The van der Waals surface area contributed by atoms with E-state index in [0.29, 0.717) is 13.0 Å². The second-order valence-electron chi connectivity index (χ2n) is 12.1. The maximum Gasteiger partial charge on any atom is 0.472 e. The Balaban J connectivity index is 3.80. The zero-order valence-corrected chi connectivity index (χ0v) is 30.9. The highest BCUT2D eigenvalue weighted by atomic mass is 31.2. The SMILES string of the molecule is CC/C=C\C/C=C\C/C=C\C/C=C\CCCCCCCCCCCCCOCC(COP(=O)(O)OCCN)OC(=O)CCCCCC. The molecule has 0 aliphatic heterocycles. The summed E-state index contributed by atoms with van der Waals surface area (Å²) in [6.45, 7) is 4.66. The van der Waals surface area contributed by atoms with E-state index < -0.39 is 13.9 Å². The van der Waals surface area contributed by atoms with Crippen LogP contribution in [0.5, 0.6) is 0 Å². The van der Waals surface area contributed by atoms with Crippen molar-refractivity contribution in [3.8, 4) is 0 Å². The summed E-state index contributed by atoms with van der Waals surface area (Å²) in [6.07, 6.45) is 40.5. The van der Waals surface area contributed by atoms with Gasteiger partial charge in [0.25, 0.3) is 0 Å². The first-order chi connectivity index (χ1) is 22.9. The molecule has 9 heteroatoms. The second kappa shape index (κ2) is 35.8. The van der Waals surface area contributed by atoms with Crippen LogP contribution in [-0.4, -0.2) is 49.9 Å². The van der Waals surface area contributed by atoms with E-state index >= 15 is 0 Å². The molecule has 47 heavy (non-hydrogen) atoms. The lowest BCUT2D eigenvalue weighted by atomic mass is 10.1. The van der Waals surface area contributed by atoms with E-state index in [1.807, 2.05) is 0 Å². The minimum absolute atomic E-state index is 0.0973. The van der Waals surface area contributed by atoms with Crippen molar-refractivity contribution in [2.45, 2.75) is 155 Å². The quantitative estimate of drug-likeness (QED) is 0.0293. The zero-order chi connectivity index (χ0) is 34.5. The van der Waals surface area contributed by atoms with Crippen molar-refractivity contribution in [3.05, 3.63) is 48.6 Å². The molecule has 274 valence electrons. The first kappa shape index (κ1) is 45.5. The molecule has 0 saturated carbocycles. The number of hydrogen-bond acceptors (Lipinski definition) is 7. The minimum Gasteiger partial charge on any atom is -0.457 e.